The molecule has 9 heavy (non-hydrogen) atoms. The summed E-state index contributed by atoms with van der Waals surface area (Å²) in [5, 5.41) is 0. The molecule has 1 atom stereocenters. The summed E-state index contributed by atoms with van der Waals surface area (Å²) in [5.41, 5.74) is 0. The fourth-order valence-corrected chi connectivity index (χ4v) is 1.04. The summed E-state index contributed by atoms with van der Waals surface area (Å²) in [6.07, 6.45) is 1.55. The molecule has 1 heterocycles. The Morgan fingerprint density at radius 1 is 1.78 bits per heavy atom. The lowest BCUT2D eigenvalue weighted by atomic mass is 9.98. The Morgan fingerprint density at radius 2 is 2.56 bits per heavy atom. The maximum absolute atomic E-state index is 10.9. The van der Waals surface area contributed by atoms with E-state index in [4.69, 9.17) is 4.74 Å². The Kier molecular flexibility index (Phi) is 2.22. The van der Waals surface area contributed by atoms with Crippen LogP contribution in [0.1, 0.15) is 19.8 Å². The first-order valence-corrected chi connectivity index (χ1v) is 3.45. The molecule has 0 aromatic carbocycles. The fraction of sp³-hybridized carbons (Fsp3) is 0.857. The highest BCUT2D eigenvalue weighted by atomic mass is 16.5. The minimum atomic E-state index is 0.193. The summed E-state index contributed by atoms with van der Waals surface area (Å²) < 4.78 is 5.12. The molecule has 1 aliphatic heterocycles. The van der Waals surface area contributed by atoms with Crippen molar-refractivity contribution in [1.29, 1.82) is 0 Å². The van der Waals surface area contributed by atoms with Crippen LogP contribution in [0.3, 0.4) is 0 Å². The van der Waals surface area contributed by atoms with Gasteiger partial charge in [0.25, 0.3) is 0 Å². The van der Waals surface area contributed by atoms with Gasteiger partial charge in [-0.3, -0.25) is 4.79 Å². The van der Waals surface area contributed by atoms with E-state index < -0.39 is 0 Å². The van der Waals surface area contributed by atoms with Crippen LogP contribution < -0.4 is 0 Å². The maximum atomic E-state index is 10.9. The van der Waals surface area contributed by atoms with Gasteiger partial charge in [-0.1, -0.05) is 6.92 Å². The topological polar surface area (TPSA) is 26.3 Å². The standard InChI is InChI=1S/C7H12O2/c1-2-6-5-9-4-3-7(6)8/h6H,2-5H2,1H3. The van der Waals surface area contributed by atoms with Crippen LogP contribution in [-0.2, 0) is 9.53 Å². The van der Waals surface area contributed by atoms with E-state index in [9.17, 15) is 4.79 Å². The second kappa shape index (κ2) is 2.97. The Labute approximate surface area is 55.2 Å². The third-order valence-corrected chi connectivity index (χ3v) is 1.76. The molecule has 1 unspecified atom stereocenters. The van der Waals surface area contributed by atoms with E-state index >= 15 is 0 Å². The predicted molar refractivity (Wildman–Crippen MR) is 34.2 cm³/mol. The van der Waals surface area contributed by atoms with Gasteiger partial charge in [0.2, 0.25) is 0 Å². The third-order valence-electron chi connectivity index (χ3n) is 1.76. The van der Waals surface area contributed by atoms with E-state index in [1.54, 1.807) is 0 Å². The van der Waals surface area contributed by atoms with Crippen molar-refractivity contribution in [2.75, 3.05) is 13.2 Å². The molecular formula is C7H12O2. The monoisotopic (exact) mass is 128 g/mol. The van der Waals surface area contributed by atoms with E-state index in [0.29, 0.717) is 25.4 Å². The SMILES string of the molecule is CCC1COCCC1=O. The van der Waals surface area contributed by atoms with Crippen molar-refractivity contribution in [2.24, 2.45) is 5.92 Å². The molecule has 0 bridgehead atoms. The van der Waals surface area contributed by atoms with Gasteiger partial charge in [0, 0.05) is 12.3 Å². The van der Waals surface area contributed by atoms with Gasteiger partial charge >= 0.3 is 0 Å². The van der Waals surface area contributed by atoms with Crippen LogP contribution >= 0.6 is 0 Å². The fourth-order valence-electron chi connectivity index (χ4n) is 1.04. The molecule has 2 nitrogen and oxygen atoms in total. The van der Waals surface area contributed by atoms with Crippen molar-refractivity contribution < 1.29 is 9.53 Å². The van der Waals surface area contributed by atoms with Gasteiger partial charge in [-0.25, -0.2) is 0 Å². The zero-order chi connectivity index (χ0) is 6.69. The number of hydrogen-bond acceptors (Lipinski definition) is 2. The first-order valence-electron chi connectivity index (χ1n) is 3.45. The summed E-state index contributed by atoms with van der Waals surface area (Å²) >= 11 is 0. The number of ketones is 1. The van der Waals surface area contributed by atoms with E-state index in [0.717, 1.165) is 6.42 Å². The van der Waals surface area contributed by atoms with Gasteiger partial charge in [0.1, 0.15) is 5.78 Å². The van der Waals surface area contributed by atoms with Crippen LogP contribution in [0.4, 0.5) is 0 Å². The number of rotatable bonds is 1. The van der Waals surface area contributed by atoms with Crippen molar-refractivity contribution in [3.8, 4) is 0 Å². The van der Waals surface area contributed by atoms with E-state index in [1.807, 2.05) is 6.92 Å². The molecule has 2 heteroatoms. The molecule has 52 valence electrons. The summed E-state index contributed by atoms with van der Waals surface area (Å²) in [4.78, 5) is 10.9. The highest BCUT2D eigenvalue weighted by Gasteiger charge is 2.19. The minimum absolute atomic E-state index is 0.193. The number of hydrogen-bond donors (Lipinski definition) is 0. The van der Waals surface area contributed by atoms with Crippen molar-refractivity contribution in [1.82, 2.24) is 0 Å². The molecule has 0 spiro atoms. The molecular weight excluding hydrogens is 116 g/mol. The molecule has 0 amide bonds. The summed E-state index contributed by atoms with van der Waals surface area (Å²) in [6.45, 7) is 3.31. The largest absolute Gasteiger partial charge is 0.380 e. The number of Topliss-reactive ketones (excluding diaryl/α,β-unsaturated/α-hetero) is 1. The van der Waals surface area contributed by atoms with Gasteiger partial charge < -0.3 is 4.74 Å². The van der Waals surface area contributed by atoms with Gasteiger partial charge in [0.15, 0.2) is 0 Å². The zero-order valence-electron chi connectivity index (χ0n) is 5.72. The summed E-state index contributed by atoms with van der Waals surface area (Å²) in [6, 6.07) is 0. The normalized spacial score (nSPS) is 28.6. The highest BCUT2D eigenvalue weighted by molar-refractivity contribution is 5.81. The molecule has 0 N–H and O–H groups in total. The second-order valence-corrected chi connectivity index (χ2v) is 2.40. The Morgan fingerprint density at radius 3 is 3.00 bits per heavy atom. The molecule has 0 aromatic heterocycles. The van der Waals surface area contributed by atoms with Crippen LogP contribution in [0.2, 0.25) is 0 Å². The average molecular weight is 128 g/mol. The van der Waals surface area contributed by atoms with Crippen molar-refractivity contribution in [2.45, 2.75) is 19.8 Å². The first-order chi connectivity index (χ1) is 4.34. The smallest absolute Gasteiger partial charge is 0.140 e. The zero-order valence-corrected chi connectivity index (χ0v) is 5.72. The lowest BCUT2D eigenvalue weighted by molar-refractivity contribution is -0.130. The number of ether oxygens (including phenoxy) is 1. The third kappa shape index (κ3) is 1.52. The van der Waals surface area contributed by atoms with Gasteiger partial charge in [-0.05, 0) is 6.42 Å². The van der Waals surface area contributed by atoms with Crippen LogP contribution in [0.5, 0.6) is 0 Å². The maximum Gasteiger partial charge on any atom is 0.140 e. The Hall–Kier alpha value is -0.370. The molecule has 0 radical (unpaired) electrons. The Balaban J connectivity index is 2.39. The first kappa shape index (κ1) is 6.75. The van der Waals surface area contributed by atoms with Crippen molar-refractivity contribution in [3.05, 3.63) is 0 Å². The van der Waals surface area contributed by atoms with Crippen LogP contribution in [0.15, 0.2) is 0 Å². The Bertz CT molecular complexity index is 109. The van der Waals surface area contributed by atoms with Crippen molar-refractivity contribution >= 4 is 5.78 Å². The second-order valence-electron chi connectivity index (χ2n) is 2.40. The lowest BCUT2D eigenvalue weighted by Crippen LogP contribution is -2.26. The van der Waals surface area contributed by atoms with E-state index in [-0.39, 0.29) is 5.92 Å². The molecule has 0 aromatic rings. The van der Waals surface area contributed by atoms with Crippen molar-refractivity contribution in [3.63, 3.8) is 0 Å². The molecule has 1 aliphatic rings. The average Bonchev–Trinajstić information content (AvgIpc) is 1.89. The minimum Gasteiger partial charge on any atom is -0.380 e. The van der Waals surface area contributed by atoms with Gasteiger partial charge in [0.05, 0.1) is 13.2 Å². The highest BCUT2D eigenvalue weighted by Crippen LogP contribution is 2.12. The number of carbonyl (C=O) groups is 1. The van der Waals surface area contributed by atoms with Crippen LogP contribution in [-0.4, -0.2) is 19.0 Å². The van der Waals surface area contributed by atoms with Crippen LogP contribution in [0, 0.1) is 5.92 Å². The predicted octanol–water partition coefficient (Wildman–Crippen LogP) is 1.00. The molecule has 1 saturated heterocycles. The summed E-state index contributed by atoms with van der Waals surface area (Å²) in [5.74, 6) is 0.572. The van der Waals surface area contributed by atoms with E-state index in [1.165, 1.54) is 0 Å². The molecule has 0 saturated carbocycles. The van der Waals surface area contributed by atoms with Gasteiger partial charge in [-0.2, -0.15) is 0 Å². The molecule has 1 fully saturated rings. The van der Waals surface area contributed by atoms with Gasteiger partial charge in [-0.15, -0.1) is 0 Å². The molecule has 1 rings (SSSR count). The summed E-state index contributed by atoms with van der Waals surface area (Å²) in [7, 11) is 0. The quantitative estimate of drug-likeness (QED) is 0.526. The van der Waals surface area contributed by atoms with Crippen LogP contribution in [0.25, 0.3) is 0 Å². The molecule has 0 aliphatic carbocycles. The number of carbonyl (C=O) groups excluding carboxylic acids is 1. The van der Waals surface area contributed by atoms with E-state index in [2.05, 4.69) is 0 Å². The lowest BCUT2D eigenvalue weighted by Gasteiger charge is -2.18.